The summed E-state index contributed by atoms with van der Waals surface area (Å²) in [5, 5.41) is 30.0. The molecule has 0 aromatic rings. The molecular weight excluding hydrogens is 263 g/mol. The van der Waals surface area contributed by atoms with E-state index in [2.05, 4.69) is 5.32 Å². The maximum absolute atomic E-state index is 11.3. The van der Waals surface area contributed by atoms with E-state index >= 15 is 0 Å². The van der Waals surface area contributed by atoms with Gasteiger partial charge in [0.05, 0.1) is 0 Å². The lowest BCUT2D eigenvalue weighted by molar-refractivity contribution is -0.143. The summed E-state index contributed by atoms with van der Waals surface area (Å²) in [6.45, 7) is 1.60. The molecule has 0 bridgehead atoms. The van der Waals surface area contributed by atoms with Gasteiger partial charge in [0.1, 0.15) is 5.54 Å². The zero-order valence-corrected chi connectivity index (χ0v) is 11.8. The Morgan fingerprint density at radius 3 is 2.55 bits per heavy atom. The summed E-state index contributed by atoms with van der Waals surface area (Å²) in [7, 11) is -1.34. The average molecular weight is 288 g/mol. The van der Waals surface area contributed by atoms with E-state index in [1.807, 2.05) is 0 Å². The van der Waals surface area contributed by atoms with E-state index in [1.54, 1.807) is 0 Å². The molecule has 1 saturated heterocycles. The van der Waals surface area contributed by atoms with Crippen molar-refractivity contribution in [2.75, 3.05) is 19.8 Å². The van der Waals surface area contributed by atoms with Crippen LogP contribution in [0.2, 0.25) is 6.32 Å². The van der Waals surface area contributed by atoms with Gasteiger partial charge in [0, 0.05) is 25.8 Å². The van der Waals surface area contributed by atoms with Crippen molar-refractivity contribution >= 4 is 13.1 Å². The number of ether oxygens (including phenoxy) is 1. The molecule has 0 spiro atoms. The summed E-state index contributed by atoms with van der Waals surface area (Å²) in [6, 6.07) is 0.255. The fourth-order valence-corrected chi connectivity index (χ4v) is 2.27. The number of carboxylic acids is 1. The molecule has 0 aliphatic carbocycles. The van der Waals surface area contributed by atoms with E-state index in [1.165, 1.54) is 0 Å². The van der Waals surface area contributed by atoms with E-state index in [0.29, 0.717) is 32.5 Å². The summed E-state index contributed by atoms with van der Waals surface area (Å²) < 4.78 is 5.25. The number of hydrogen-bond acceptors (Lipinski definition) is 6. The molecule has 1 unspecified atom stereocenters. The van der Waals surface area contributed by atoms with Crippen LogP contribution in [-0.2, 0) is 9.53 Å². The highest BCUT2D eigenvalue weighted by molar-refractivity contribution is 6.40. The number of hydrogen-bond donors (Lipinski definition) is 5. The molecule has 0 aromatic heterocycles. The van der Waals surface area contributed by atoms with Gasteiger partial charge in [-0.05, 0) is 25.6 Å². The van der Waals surface area contributed by atoms with Crippen LogP contribution in [0.5, 0.6) is 0 Å². The molecular formula is C12H25BN2O5. The van der Waals surface area contributed by atoms with Crippen LogP contribution < -0.4 is 11.1 Å². The normalized spacial score (nSPS) is 19.6. The number of unbranched alkanes of at least 4 members (excludes halogenated alkanes) is 1. The average Bonchev–Trinajstić information content (AvgIpc) is 2.42. The van der Waals surface area contributed by atoms with Crippen molar-refractivity contribution < 1.29 is 24.7 Å². The highest BCUT2D eigenvalue weighted by Crippen LogP contribution is 2.15. The van der Waals surface area contributed by atoms with Crippen LogP contribution in [0.1, 0.15) is 32.1 Å². The highest BCUT2D eigenvalue weighted by atomic mass is 16.5. The van der Waals surface area contributed by atoms with Gasteiger partial charge in [0.25, 0.3) is 0 Å². The first-order valence-electron chi connectivity index (χ1n) is 7.13. The molecule has 116 valence electrons. The minimum atomic E-state index is -1.34. The van der Waals surface area contributed by atoms with E-state index in [4.69, 9.17) is 20.5 Å². The summed E-state index contributed by atoms with van der Waals surface area (Å²) >= 11 is 0. The van der Waals surface area contributed by atoms with Gasteiger partial charge in [-0.3, -0.25) is 4.79 Å². The van der Waals surface area contributed by atoms with Gasteiger partial charge >= 0.3 is 13.1 Å². The van der Waals surface area contributed by atoms with Crippen molar-refractivity contribution in [2.45, 2.75) is 50.0 Å². The zero-order chi connectivity index (χ0) is 15.0. The Hall–Kier alpha value is -0.665. The molecule has 1 heterocycles. The van der Waals surface area contributed by atoms with Crippen molar-refractivity contribution in [3.8, 4) is 0 Å². The minimum Gasteiger partial charge on any atom is -0.480 e. The molecule has 0 aromatic carbocycles. The third kappa shape index (κ3) is 6.19. The molecule has 1 atom stereocenters. The van der Waals surface area contributed by atoms with Crippen molar-refractivity contribution in [3.05, 3.63) is 0 Å². The molecule has 0 saturated carbocycles. The van der Waals surface area contributed by atoms with Crippen LogP contribution >= 0.6 is 0 Å². The van der Waals surface area contributed by atoms with Gasteiger partial charge in [0.15, 0.2) is 0 Å². The molecule has 1 aliphatic rings. The lowest BCUT2D eigenvalue weighted by Gasteiger charge is -2.30. The fourth-order valence-electron chi connectivity index (χ4n) is 2.27. The highest BCUT2D eigenvalue weighted by Gasteiger charge is 2.34. The first kappa shape index (κ1) is 17.4. The Labute approximate surface area is 119 Å². The molecule has 1 fully saturated rings. The quantitative estimate of drug-likeness (QED) is 0.277. The monoisotopic (exact) mass is 288 g/mol. The van der Waals surface area contributed by atoms with Crippen LogP contribution in [0.15, 0.2) is 0 Å². The lowest BCUT2D eigenvalue weighted by Crippen LogP contribution is -2.57. The van der Waals surface area contributed by atoms with Crippen LogP contribution in [0.25, 0.3) is 0 Å². The summed E-state index contributed by atoms with van der Waals surface area (Å²) in [5.41, 5.74) is 4.65. The number of rotatable bonds is 9. The lowest BCUT2D eigenvalue weighted by atomic mass is 9.82. The second kappa shape index (κ2) is 8.58. The van der Waals surface area contributed by atoms with E-state index in [0.717, 1.165) is 12.8 Å². The maximum Gasteiger partial charge on any atom is 0.451 e. The maximum atomic E-state index is 11.3. The second-order valence-corrected chi connectivity index (χ2v) is 5.46. The molecule has 20 heavy (non-hydrogen) atoms. The van der Waals surface area contributed by atoms with Crippen LogP contribution in [0, 0.1) is 0 Å². The molecule has 0 radical (unpaired) electrons. The third-order valence-corrected chi connectivity index (χ3v) is 3.69. The Balaban J connectivity index is 2.34. The molecule has 1 aliphatic heterocycles. The minimum absolute atomic E-state index is 0.217. The zero-order valence-electron chi connectivity index (χ0n) is 11.8. The van der Waals surface area contributed by atoms with Gasteiger partial charge < -0.3 is 30.9 Å². The Morgan fingerprint density at radius 2 is 2.00 bits per heavy atom. The van der Waals surface area contributed by atoms with E-state index in [-0.39, 0.29) is 18.9 Å². The molecule has 1 rings (SSSR count). The van der Waals surface area contributed by atoms with E-state index in [9.17, 15) is 9.90 Å². The standard InChI is InChI=1S/C12H25BN2O5/c14-12(11(16)17,5-1-2-6-13(18)19)9-15-10-3-7-20-8-4-10/h10,15,18-19H,1-9,14H2,(H,16,17). The molecule has 7 nitrogen and oxygen atoms in total. The fraction of sp³-hybridized carbons (Fsp3) is 0.917. The predicted molar refractivity (Wildman–Crippen MR) is 75.2 cm³/mol. The molecule has 0 amide bonds. The predicted octanol–water partition coefficient (Wildman–Crippen LogP) is -0.820. The number of carbonyl (C=O) groups is 1. The van der Waals surface area contributed by atoms with Crippen molar-refractivity contribution in [2.24, 2.45) is 5.73 Å². The van der Waals surface area contributed by atoms with Gasteiger partial charge in [-0.2, -0.15) is 0 Å². The molecule has 8 heteroatoms. The summed E-state index contributed by atoms with van der Waals surface area (Å²) in [5.74, 6) is -1.03. The third-order valence-electron chi connectivity index (χ3n) is 3.69. The van der Waals surface area contributed by atoms with Crippen LogP contribution in [0.3, 0.4) is 0 Å². The Kier molecular flexibility index (Phi) is 7.46. The Morgan fingerprint density at radius 1 is 1.35 bits per heavy atom. The first-order valence-corrected chi connectivity index (χ1v) is 7.13. The summed E-state index contributed by atoms with van der Waals surface area (Å²) in [6.07, 6.45) is 3.38. The largest absolute Gasteiger partial charge is 0.480 e. The smallest absolute Gasteiger partial charge is 0.451 e. The van der Waals surface area contributed by atoms with Gasteiger partial charge in [-0.1, -0.05) is 12.8 Å². The Bertz CT molecular complexity index is 300. The van der Waals surface area contributed by atoms with Gasteiger partial charge in [0.2, 0.25) is 0 Å². The summed E-state index contributed by atoms with van der Waals surface area (Å²) in [4.78, 5) is 11.3. The van der Waals surface area contributed by atoms with Crippen LogP contribution in [0.4, 0.5) is 0 Å². The van der Waals surface area contributed by atoms with Crippen LogP contribution in [-0.4, -0.2) is 59.6 Å². The topological polar surface area (TPSA) is 125 Å². The number of nitrogens with one attached hydrogen (secondary N) is 1. The number of aliphatic carboxylic acids is 1. The van der Waals surface area contributed by atoms with Crippen molar-refractivity contribution in [1.29, 1.82) is 0 Å². The van der Waals surface area contributed by atoms with E-state index < -0.39 is 18.6 Å². The van der Waals surface area contributed by atoms with Gasteiger partial charge in [-0.15, -0.1) is 0 Å². The second-order valence-electron chi connectivity index (χ2n) is 5.46. The van der Waals surface area contributed by atoms with Gasteiger partial charge in [-0.25, -0.2) is 0 Å². The SMILES string of the molecule is NC(CCCCB(O)O)(CNC1CCOCC1)C(=O)O. The molecule has 6 N–H and O–H groups in total. The number of carboxylic acid groups (broad SMARTS) is 1. The first-order chi connectivity index (χ1) is 9.44. The number of nitrogens with two attached hydrogens (primary N) is 1. The van der Waals surface area contributed by atoms with Crippen molar-refractivity contribution in [1.82, 2.24) is 5.32 Å². The van der Waals surface area contributed by atoms with Crippen molar-refractivity contribution in [3.63, 3.8) is 0 Å².